The topological polar surface area (TPSA) is 45.2 Å². The van der Waals surface area contributed by atoms with Crippen LogP contribution in [0, 0.1) is 5.92 Å². The minimum Gasteiger partial charge on any atom is -0.356 e. The van der Waals surface area contributed by atoms with E-state index >= 15 is 0 Å². The normalized spacial score (nSPS) is 15.8. The number of aromatic nitrogens is 1. The minimum absolute atomic E-state index is 0.166. The van der Waals surface area contributed by atoms with Gasteiger partial charge in [-0.15, -0.1) is 0 Å². The third-order valence-electron chi connectivity index (χ3n) is 4.89. The lowest BCUT2D eigenvalue weighted by molar-refractivity contribution is -0.121. The van der Waals surface area contributed by atoms with Crippen LogP contribution < -0.4 is 5.32 Å². The molecule has 0 spiro atoms. The highest BCUT2D eigenvalue weighted by Crippen LogP contribution is 2.18. The molecule has 1 aromatic heterocycles. The largest absolute Gasteiger partial charge is 0.356 e. The zero-order valence-electron chi connectivity index (χ0n) is 14.7. The van der Waals surface area contributed by atoms with Gasteiger partial charge in [0, 0.05) is 25.7 Å². The number of hydrogen-bond acceptors (Lipinski definition) is 3. The number of hydrogen-bond donors (Lipinski definition) is 1. The van der Waals surface area contributed by atoms with Crippen molar-refractivity contribution in [1.29, 1.82) is 0 Å². The van der Waals surface area contributed by atoms with Crippen molar-refractivity contribution in [2.24, 2.45) is 5.92 Å². The molecule has 0 unspecified atom stereocenters. The van der Waals surface area contributed by atoms with E-state index in [-0.39, 0.29) is 5.91 Å². The lowest BCUT2D eigenvalue weighted by Gasteiger charge is -2.31. The standard InChI is InChI=1S/C21H27N3O/c25-21(10-9-18-6-2-1-3-7-18)23-16-19-11-14-24(15-12-19)17-20-8-4-5-13-22-20/h1-8,13,19H,9-12,14-17H2,(H,23,25). The van der Waals surface area contributed by atoms with Gasteiger partial charge in [-0.25, -0.2) is 0 Å². The molecule has 132 valence electrons. The quantitative estimate of drug-likeness (QED) is 0.845. The van der Waals surface area contributed by atoms with Gasteiger partial charge in [0.05, 0.1) is 5.69 Å². The van der Waals surface area contributed by atoms with Crippen molar-refractivity contribution in [3.8, 4) is 0 Å². The smallest absolute Gasteiger partial charge is 0.220 e. The van der Waals surface area contributed by atoms with Crippen LogP contribution in [0.4, 0.5) is 0 Å². The Morgan fingerprint density at radius 1 is 1.08 bits per heavy atom. The number of likely N-dealkylation sites (tertiary alicyclic amines) is 1. The maximum Gasteiger partial charge on any atom is 0.220 e. The molecule has 0 atom stereocenters. The molecule has 1 saturated heterocycles. The first-order valence-corrected chi connectivity index (χ1v) is 9.22. The van der Waals surface area contributed by atoms with Crippen LogP contribution in [0.1, 0.15) is 30.5 Å². The molecular formula is C21H27N3O. The van der Waals surface area contributed by atoms with Crippen molar-refractivity contribution in [3.05, 3.63) is 66.0 Å². The Balaban J connectivity index is 1.31. The third kappa shape index (κ3) is 5.98. The van der Waals surface area contributed by atoms with Gasteiger partial charge in [0.25, 0.3) is 0 Å². The van der Waals surface area contributed by atoms with Crippen molar-refractivity contribution >= 4 is 5.91 Å². The highest BCUT2D eigenvalue weighted by atomic mass is 16.1. The summed E-state index contributed by atoms with van der Waals surface area (Å²) in [5.74, 6) is 0.764. The van der Waals surface area contributed by atoms with E-state index in [1.807, 2.05) is 36.5 Å². The van der Waals surface area contributed by atoms with Gasteiger partial charge in [-0.3, -0.25) is 14.7 Å². The second kappa shape index (κ2) is 9.33. The Morgan fingerprint density at radius 2 is 1.84 bits per heavy atom. The number of aryl methyl sites for hydroxylation is 1. The zero-order chi connectivity index (χ0) is 17.3. The Kier molecular flexibility index (Phi) is 6.57. The van der Waals surface area contributed by atoms with Gasteiger partial charge in [0.1, 0.15) is 0 Å². The van der Waals surface area contributed by atoms with Crippen LogP contribution in [0.3, 0.4) is 0 Å². The summed E-state index contributed by atoms with van der Waals surface area (Å²) in [6.45, 7) is 3.91. The fourth-order valence-electron chi connectivity index (χ4n) is 3.32. The Hall–Kier alpha value is -2.20. The molecule has 2 aromatic rings. The van der Waals surface area contributed by atoms with E-state index in [2.05, 4.69) is 33.4 Å². The van der Waals surface area contributed by atoms with E-state index in [0.29, 0.717) is 12.3 Å². The molecule has 1 aromatic carbocycles. The number of pyridine rings is 1. The van der Waals surface area contributed by atoms with Gasteiger partial charge >= 0.3 is 0 Å². The summed E-state index contributed by atoms with van der Waals surface area (Å²) in [6.07, 6.45) is 5.53. The molecule has 0 radical (unpaired) electrons. The van der Waals surface area contributed by atoms with E-state index in [0.717, 1.165) is 51.1 Å². The monoisotopic (exact) mass is 337 g/mol. The van der Waals surface area contributed by atoms with Crippen LogP contribution in [0.15, 0.2) is 54.7 Å². The fourth-order valence-corrected chi connectivity index (χ4v) is 3.32. The number of carbonyl (C=O) groups excluding carboxylic acids is 1. The molecule has 0 bridgehead atoms. The number of rotatable bonds is 7. The summed E-state index contributed by atoms with van der Waals surface area (Å²) in [4.78, 5) is 18.9. The molecule has 1 aliphatic heterocycles. The van der Waals surface area contributed by atoms with E-state index in [9.17, 15) is 4.79 Å². The summed E-state index contributed by atoms with van der Waals surface area (Å²) in [5, 5.41) is 3.12. The van der Waals surface area contributed by atoms with Gasteiger partial charge < -0.3 is 5.32 Å². The number of nitrogens with zero attached hydrogens (tertiary/aromatic N) is 2. The number of amides is 1. The second-order valence-corrected chi connectivity index (χ2v) is 6.83. The first kappa shape index (κ1) is 17.6. The number of piperidine rings is 1. The third-order valence-corrected chi connectivity index (χ3v) is 4.89. The Bertz CT molecular complexity index is 637. The molecule has 25 heavy (non-hydrogen) atoms. The number of carbonyl (C=O) groups is 1. The first-order chi connectivity index (χ1) is 12.3. The SMILES string of the molecule is O=C(CCc1ccccc1)NCC1CCN(Cc2ccccn2)CC1. The van der Waals surface area contributed by atoms with Crippen molar-refractivity contribution in [3.63, 3.8) is 0 Å². The Morgan fingerprint density at radius 3 is 2.56 bits per heavy atom. The first-order valence-electron chi connectivity index (χ1n) is 9.22. The summed E-state index contributed by atoms with van der Waals surface area (Å²) in [7, 11) is 0. The van der Waals surface area contributed by atoms with E-state index in [1.54, 1.807) is 0 Å². The summed E-state index contributed by atoms with van der Waals surface area (Å²) >= 11 is 0. The lowest BCUT2D eigenvalue weighted by atomic mass is 9.96. The van der Waals surface area contributed by atoms with Crippen molar-refractivity contribution in [2.75, 3.05) is 19.6 Å². The molecule has 1 aliphatic rings. The van der Waals surface area contributed by atoms with Crippen LogP contribution in [0.2, 0.25) is 0 Å². The Labute approximate surface area is 150 Å². The number of benzene rings is 1. The predicted octanol–water partition coefficient (Wildman–Crippen LogP) is 3.04. The van der Waals surface area contributed by atoms with Gasteiger partial charge in [0.15, 0.2) is 0 Å². The van der Waals surface area contributed by atoms with Crippen molar-refractivity contribution < 1.29 is 4.79 Å². The summed E-state index contributed by atoms with van der Waals surface area (Å²) in [5.41, 5.74) is 2.36. The van der Waals surface area contributed by atoms with Crippen LogP contribution in [0.25, 0.3) is 0 Å². The molecule has 0 aliphatic carbocycles. The molecule has 0 saturated carbocycles. The van der Waals surface area contributed by atoms with Gasteiger partial charge in [-0.2, -0.15) is 0 Å². The maximum atomic E-state index is 12.0. The molecule has 4 nitrogen and oxygen atoms in total. The predicted molar refractivity (Wildman–Crippen MR) is 100 cm³/mol. The number of nitrogens with one attached hydrogen (secondary N) is 1. The summed E-state index contributed by atoms with van der Waals surface area (Å²) in [6, 6.07) is 16.3. The lowest BCUT2D eigenvalue weighted by Crippen LogP contribution is -2.38. The highest BCUT2D eigenvalue weighted by Gasteiger charge is 2.19. The van der Waals surface area contributed by atoms with E-state index in [4.69, 9.17) is 0 Å². The average molecular weight is 337 g/mol. The maximum absolute atomic E-state index is 12.0. The average Bonchev–Trinajstić information content (AvgIpc) is 2.67. The molecule has 3 rings (SSSR count). The van der Waals surface area contributed by atoms with Gasteiger partial charge in [-0.1, -0.05) is 36.4 Å². The summed E-state index contributed by atoms with van der Waals surface area (Å²) < 4.78 is 0. The van der Waals surface area contributed by atoms with Crippen LogP contribution in [0.5, 0.6) is 0 Å². The highest BCUT2D eigenvalue weighted by molar-refractivity contribution is 5.76. The van der Waals surface area contributed by atoms with Crippen molar-refractivity contribution in [2.45, 2.75) is 32.2 Å². The fraction of sp³-hybridized carbons (Fsp3) is 0.429. The van der Waals surface area contributed by atoms with E-state index in [1.165, 1.54) is 5.56 Å². The second-order valence-electron chi connectivity index (χ2n) is 6.83. The molecule has 1 N–H and O–H groups in total. The minimum atomic E-state index is 0.166. The molecule has 1 amide bonds. The van der Waals surface area contributed by atoms with Crippen LogP contribution >= 0.6 is 0 Å². The van der Waals surface area contributed by atoms with E-state index < -0.39 is 0 Å². The van der Waals surface area contributed by atoms with Crippen LogP contribution in [-0.4, -0.2) is 35.4 Å². The van der Waals surface area contributed by atoms with Crippen molar-refractivity contribution in [1.82, 2.24) is 15.2 Å². The zero-order valence-corrected chi connectivity index (χ0v) is 14.7. The molecular weight excluding hydrogens is 310 g/mol. The molecule has 4 heteroatoms. The molecule has 1 fully saturated rings. The molecule has 2 heterocycles. The van der Waals surface area contributed by atoms with Gasteiger partial charge in [0.2, 0.25) is 5.91 Å². The van der Waals surface area contributed by atoms with Crippen LogP contribution in [-0.2, 0) is 17.8 Å². The van der Waals surface area contributed by atoms with Gasteiger partial charge in [-0.05, 0) is 56.0 Å².